The van der Waals surface area contributed by atoms with Crippen molar-refractivity contribution in [2.24, 2.45) is 11.7 Å². The lowest BCUT2D eigenvalue weighted by molar-refractivity contribution is -0.130. The molecule has 0 aliphatic carbocycles. The molecule has 1 aromatic carbocycles. The Hall–Kier alpha value is -0.810. The molecule has 0 spiro atoms. The fraction of sp³-hybridized carbons (Fsp3) is 0.667. The summed E-state index contributed by atoms with van der Waals surface area (Å²) in [5, 5.41) is 0. The molecule has 2 atom stereocenters. The molecule has 1 heterocycles. The van der Waals surface area contributed by atoms with Crippen LogP contribution in [0.3, 0.4) is 0 Å². The first kappa shape index (κ1) is 26.2. The third-order valence-corrected chi connectivity index (χ3v) is 5.27. The Morgan fingerprint density at radius 3 is 2.26 bits per heavy atom. The number of carbonyl (C=O) groups excluding carboxylic acids is 1. The van der Waals surface area contributed by atoms with Gasteiger partial charge < -0.3 is 15.5 Å². The molecule has 2 rings (SSSR count). The lowest BCUT2D eigenvalue weighted by Crippen LogP contribution is -2.31. The monoisotopic (exact) mass is 417 g/mol. The number of amides is 1. The van der Waals surface area contributed by atoms with Gasteiger partial charge in [0, 0.05) is 25.4 Å². The maximum atomic E-state index is 12.6. The molecule has 156 valence electrons. The Kier molecular flexibility index (Phi) is 13.8. The molecule has 4 nitrogen and oxygen atoms in total. The normalized spacial score (nSPS) is 18.9. The molecule has 1 amide bonds. The molecule has 27 heavy (non-hydrogen) atoms. The van der Waals surface area contributed by atoms with Gasteiger partial charge in [-0.3, -0.25) is 4.79 Å². The summed E-state index contributed by atoms with van der Waals surface area (Å²) in [5.74, 6) is 1.06. The number of nitrogens with zero attached hydrogens (tertiary/aromatic N) is 2. The van der Waals surface area contributed by atoms with E-state index in [2.05, 4.69) is 43.0 Å². The van der Waals surface area contributed by atoms with Crippen molar-refractivity contribution in [1.82, 2.24) is 9.80 Å². The number of halogens is 2. The van der Waals surface area contributed by atoms with Gasteiger partial charge in [0.2, 0.25) is 5.91 Å². The lowest BCUT2D eigenvalue weighted by atomic mass is 9.89. The molecule has 1 fully saturated rings. The lowest BCUT2D eigenvalue weighted by Gasteiger charge is -2.22. The average Bonchev–Trinajstić information content (AvgIpc) is 3.07. The van der Waals surface area contributed by atoms with E-state index in [9.17, 15) is 4.79 Å². The zero-order valence-electron chi connectivity index (χ0n) is 16.8. The molecule has 1 aliphatic heterocycles. The van der Waals surface area contributed by atoms with Gasteiger partial charge in [-0.25, -0.2) is 0 Å². The number of carbonyl (C=O) groups is 1. The Bertz CT molecular complexity index is 509. The predicted molar refractivity (Wildman–Crippen MR) is 119 cm³/mol. The van der Waals surface area contributed by atoms with Crippen molar-refractivity contribution in [2.75, 3.05) is 39.3 Å². The van der Waals surface area contributed by atoms with E-state index in [0.29, 0.717) is 30.7 Å². The first-order valence-electron chi connectivity index (χ1n) is 9.94. The number of rotatable bonds is 10. The molecule has 1 aromatic rings. The van der Waals surface area contributed by atoms with Gasteiger partial charge in [0.1, 0.15) is 0 Å². The zero-order valence-corrected chi connectivity index (χ0v) is 18.4. The minimum Gasteiger partial charge on any atom is -0.342 e. The van der Waals surface area contributed by atoms with Gasteiger partial charge >= 0.3 is 0 Å². The van der Waals surface area contributed by atoms with Crippen LogP contribution in [0.2, 0.25) is 0 Å². The van der Waals surface area contributed by atoms with Crippen LogP contribution in [-0.2, 0) is 4.79 Å². The fourth-order valence-corrected chi connectivity index (χ4v) is 3.97. The van der Waals surface area contributed by atoms with Crippen molar-refractivity contribution in [3.63, 3.8) is 0 Å². The van der Waals surface area contributed by atoms with E-state index in [-0.39, 0.29) is 24.8 Å². The second-order valence-electron chi connectivity index (χ2n) is 7.26. The second-order valence-corrected chi connectivity index (χ2v) is 7.26. The summed E-state index contributed by atoms with van der Waals surface area (Å²) in [4.78, 5) is 17.2. The average molecular weight is 418 g/mol. The Labute approximate surface area is 177 Å². The van der Waals surface area contributed by atoms with Gasteiger partial charge in [-0.2, -0.15) is 0 Å². The molecular formula is C21H37Cl2N3O. The summed E-state index contributed by atoms with van der Waals surface area (Å²) in [6.07, 6.45) is 3.97. The van der Waals surface area contributed by atoms with Crippen LogP contribution in [0.4, 0.5) is 0 Å². The third-order valence-electron chi connectivity index (χ3n) is 5.27. The second kappa shape index (κ2) is 14.2. The van der Waals surface area contributed by atoms with Gasteiger partial charge in [0.15, 0.2) is 0 Å². The van der Waals surface area contributed by atoms with Crippen molar-refractivity contribution in [3.05, 3.63) is 35.9 Å². The SMILES string of the molecule is CCCN(CCC)CCCC(=O)N1C[C@@H](CN)[C@H](c2ccccc2)C1.Cl.Cl. The molecule has 6 heteroatoms. The molecule has 0 radical (unpaired) electrons. The molecule has 0 unspecified atom stereocenters. The summed E-state index contributed by atoms with van der Waals surface area (Å²) in [6, 6.07) is 10.5. The summed E-state index contributed by atoms with van der Waals surface area (Å²) < 4.78 is 0. The highest BCUT2D eigenvalue weighted by molar-refractivity contribution is 5.85. The first-order chi connectivity index (χ1) is 12.2. The zero-order chi connectivity index (χ0) is 18.1. The first-order valence-corrected chi connectivity index (χ1v) is 9.94. The van der Waals surface area contributed by atoms with Crippen molar-refractivity contribution >= 4 is 30.7 Å². The number of nitrogens with two attached hydrogens (primary N) is 1. The highest BCUT2D eigenvalue weighted by Crippen LogP contribution is 2.32. The van der Waals surface area contributed by atoms with Gasteiger partial charge in [-0.05, 0) is 56.9 Å². The third kappa shape index (κ3) is 7.98. The molecule has 1 saturated heterocycles. The van der Waals surface area contributed by atoms with Crippen LogP contribution in [0.1, 0.15) is 51.0 Å². The van der Waals surface area contributed by atoms with E-state index >= 15 is 0 Å². The predicted octanol–water partition coefficient (Wildman–Crippen LogP) is 3.93. The van der Waals surface area contributed by atoms with E-state index < -0.39 is 0 Å². The Morgan fingerprint density at radius 2 is 1.70 bits per heavy atom. The molecular weight excluding hydrogens is 381 g/mol. The van der Waals surface area contributed by atoms with Crippen LogP contribution < -0.4 is 5.73 Å². The van der Waals surface area contributed by atoms with Crippen LogP contribution >= 0.6 is 24.8 Å². The van der Waals surface area contributed by atoms with Gasteiger partial charge in [-0.1, -0.05) is 44.2 Å². The molecule has 0 aromatic heterocycles. The van der Waals surface area contributed by atoms with Crippen LogP contribution in [-0.4, -0.2) is 55.0 Å². The quantitative estimate of drug-likeness (QED) is 0.626. The summed E-state index contributed by atoms with van der Waals surface area (Å²) in [6.45, 7) is 10.0. The van der Waals surface area contributed by atoms with E-state index in [1.165, 1.54) is 18.4 Å². The number of hydrogen-bond donors (Lipinski definition) is 1. The van der Waals surface area contributed by atoms with Gasteiger partial charge in [0.25, 0.3) is 0 Å². The maximum Gasteiger partial charge on any atom is 0.222 e. The molecule has 2 N–H and O–H groups in total. The largest absolute Gasteiger partial charge is 0.342 e. The number of hydrogen-bond acceptors (Lipinski definition) is 3. The Morgan fingerprint density at radius 1 is 1.07 bits per heavy atom. The van der Waals surface area contributed by atoms with Crippen molar-refractivity contribution in [1.29, 1.82) is 0 Å². The standard InChI is InChI=1S/C21H35N3O.2ClH/c1-3-12-23(13-4-2)14-8-11-21(25)24-16-19(15-22)20(17-24)18-9-6-5-7-10-18;;/h5-7,9-10,19-20H,3-4,8,11-17,22H2,1-2H3;2*1H/t19-,20+;;/m1../s1. The highest BCUT2D eigenvalue weighted by Gasteiger charge is 2.34. The highest BCUT2D eigenvalue weighted by atomic mass is 35.5. The van der Waals surface area contributed by atoms with Gasteiger partial charge in [0.05, 0.1) is 0 Å². The minimum atomic E-state index is 0. The topological polar surface area (TPSA) is 49.6 Å². The summed E-state index contributed by atoms with van der Waals surface area (Å²) in [7, 11) is 0. The minimum absolute atomic E-state index is 0. The molecule has 0 saturated carbocycles. The van der Waals surface area contributed by atoms with Crippen molar-refractivity contribution < 1.29 is 4.79 Å². The smallest absolute Gasteiger partial charge is 0.222 e. The van der Waals surface area contributed by atoms with E-state index in [4.69, 9.17) is 5.73 Å². The van der Waals surface area contributed by atoms with Crippen LogP contribution in [0.25, 0.3) is 0 Å². The maximum absolute atomic E-state index is 12.6. The van der Waals surface area contributed by atoms with Crippen LogP contribution in [0.5, 0.6) is 0 Å². The van der Waals surface area contributed by atoms with Gasteiger partial charge in [-0.15, -0.1) is 24.8 Å². The Balaban J connectivity index is 0.00000338. The number of likely N-dealkylation sites (tertiary alicyclic amines) is 1. The molecule has 0 bridgehead atoms. The van der Waals surface area contributed by atoms with Crippen molar-refractivity contribution in [3.8, 4) is 0 Å². The summed E-state index contributed by atoms with van der Waals surface area (Å²) in [5.41, 5.74) is 7.30. The van der Waals surface area contributed by atoms with Crippen LogP contribution in [0.15, 0.2) is 30.3 Å². The van der Waals surface area contributed by atoms with Crippen molar-refractivity contribution in [2.45, 2.75) is 45.4 Å². The van der Waals surface area contributed by atoms with Crippen LogP contribution in [0, 0.1) is 5.92 Å². The van der Waals surface area contributed by atoms with E-state index in [0.717, 1.165) is 39.1 Å². The summed E-state index contributed by atoms with van der Waals surface area (Å²) >= 11 is 0. The number of benzene rings is 1. The van der Waals surface area contributed by atoms with E-state index in [1.54, 1.807) is 0 Å². The van der Waals surface area contributed by atoms with E-state index in [1.807, 2.05) is 11.0 Å². The molecule has 1 aliphatic rings. The fourth-order valence-electron chi connectivity index (χ4n) is 3.97.